The van der Waals surface area contributed by atoms with Crippen molar-refractivity contribution in [2.24, 2.45) is 0 Å². The Labute approximate surface area is 205 Å². The number of para-hydroxylation sites is 1. The number of nitrogens with one attached hydrogen (secondary N) is 3. The monoisotopic (exact) mass is 488 g/mol. The minimum Gasteiger partial charge on any atom is -0.475 e. The third-order valence-electron chi connectivity index (χ3n) is 6.10. The lowest BCUT2D eigenvalue weighted by atomic mass is 10.1. The molecule has 1 fully saturated rings. The number of nitrogens with zero attached hydrogens (tertiary/aromatic N) is 3. The van der Waals surface area contributed by atoms with Crippen molar-refractivity contribution in [2.75, 3.05) is 48.8 Å². The standard InChI is InChI=1S/C25H24N6O5/c1-30-10-12-31(13-11-30)16-8-6-15(7-9-16)23(32)26-18-5-3-2-4-17(18)24(33)27-22-21-19(28-29-22)14-20(36-21)25(34)35/h2-9,14H,10-13H2,1H3,(H,26,32)(H,34,35)(H2,27,28,29,33). The molecule has 1 aliphatic heterocycles. The van der Waals surface area contributed by atoms with E-state index in [1.54, 1.807) is 36.4 Å². The van der Waals surface area contributed by atoms with E-state index in [0.29, 0.717) is 16.8 Å². The summed E-state index contributed by atoms with van der Waals surface area (Å²) in [6, 6.07) is 15.2. The van der Waals surface area contributed by atoms with E-state index >= 15 is 0 Å². The molecule has 184 valence electrons. The van der Waals surface area contributed by atoms with Crippen LogP contribution in [0.3, 0.4) is 0 Å². The fourth-order valence-corrected chi connectivity index (χ4v) is 4.05. The first kappa shape index (κ1) is 23.1. The molecular formula is C25H24N6O5. The average Bonchev–Trinajstić information content (AvgIpc) is 3.47. The highest BCUT2D eigenvalue weighted by Crippen LogP contribution is 2.26. The first-order chi connectivity index (χ1) is 17.4. The minimum absolute atomic E-state index is 0.0446. The van der Waals surface area contributed by atoms with Gasteiger partial charge in [0.2, 0.25) is 5.76 Å². The lowest BCUT2D eigenvalue weighted by molar-refractivity contribution is 0.0664. The molecule has 5 rings (SSSR count). The van der Waals surface area contributed by atoms with Gasteiger partial charge in [-0.1, -0.05) is 12.1 Å². The highest BCUT2D eigenvalue weighted by atomic mass is 16.4. The minimum atomic E-state index is -1.23. The summed E-state index contributed by atoms with van der Waals surface area (Å²) in [4.78, 5) is 41.6. The molecule has 0 spiro atoms. The zero-order valence-electron chi connectivity index (χ0n) is 19.4. The summed E-state index contributed by atoms with van der Waals surface area (Å²) in [6.45, 7) is 3.85. The number of carboxylic acid groups (broad SMARTS) is 1. The van der Waals surface area contributed by atoms with E-state index < -0.39 is 11.9 Å². The molecule has 0 unspecified atom stereocenters. The summed E-state index contributed by atoms with van der Waals surface area (Å²) in [7, 11) is 2.10. The van der Waals surface area contributed by atoms with E-state index in [4.69, 9.17) is 9.52 Å². The number of aromatic carboxylic acids is 1. The number of hydrogen-bond donors (Lipinski definition) is 4. The first-order valence-electron chi connectivity index (χ1n) is 11.4. The molecule has 2 aromatic heterocycles. The van der Waals surface area contributed by atoms with Gasteiger partial charge in [0.25, 0.3) is 11.8 Å². The van der Waals surface area contributed by atoms with Gasteiger partial charge < -0.3 is 30.0 Å². The quantitative estimate of drug-likeness (QED) is 0.324. The van der Waals surface area contributed by atoms with Gasteiger partial charge in [-0.25, -0.2) is 4.79 Å². The number of rotatable bonds is 6. The number of carboxylic acids is 1. The molecule has 11 heteroatoms. The molecular weight excluding hydrogens is 464 g/mol. The van der Waals surface area contributed by atoms with Crippen molar-refractivity contribution < 1.29 is 23.9 Å². The largest absolute Gasteiger partial charge is 0.475 e. The second-order valence-corrected chi connectivity index (χ2v) is 8.52. The molecule has 1 aliphatic rings. The molecule has 0 atom stereocenters. The van der Waals surface area contributed by atoms with Gasteiger partial charge in [-0.2, -0.15) is 5.10 Å². The van der Waals surface area contributed by atoms with Crippen LogP contribution in [-0.2, 0) is 0 Å². The lowest BCUT2D eigenvalue weighted by Crippen LogP contribution is -2.44. The molecule has 2 aromatic carbocycles. The van der Waals surface area contributed by atoms with Gasteiger partial charge in [0.05, 0.1) is 11.3 Å². The Hall–Kier alpha value is -4.64. The normalized spacial score (nSPS) is 14.1. The Balaban J connectivity index is 1.29. The predicted molar refractivity (Wildman–Crippen MR) is 134 cm³/mol. The van der Waals surface area contributed by atoms with E-state index in [0.717, 1.165) is 31.9 Å². The van der Waals surface area contributed by atoms with Crippen molar-refractivity contribution in [3.8, 4) is 0 Å². The van der Waals surface area contributed by atoms with Crippen LogP contribution in [0.5, 0.6) is 0 Å². The van der Waals surface area contributed by atoms with Crippen LogP contribution in [0.15, 0.2) is 59.0 Å². The number of hydrogen-bond acceptors (Lipinski definition) is 7. The first-order valence-corrected chi connectivity index (χ1v) is 11.4. The second kappa shape index (κ2) is 9.55. The van der Waals surface area contributed by atoms with E-state index in [1.165, 1.54) is 6.07 Å². The lowest BCUT2D eigenvalue weighted by Gasteiger charge is -2.34. The summed E-state index contributed by atoms with van der Waals surface area (Å²) < 4.78 is 5.27. The van der Waals surface area contributed by atoms with Crippen molar-refractivity contribution >= 4 is 46.1 Å². The van der Waals surface area contributed by atoms with E-state index in [9.17, 15) is 14.4 Å². The van der Waals surface area contributed by atoms with Crippen LogP contribution in [-0.4, -0.2) is 71.2 Å². The van der Waals surface area contributed by atoms with Crippen LogP contribution < -0.4 is 15.5 Å². The van der Waals surface area contributed by atoms with Crippen molar-refractivity contribution in [1.29, 1.82) is 0 Å². The number of piperazine rings is 1. The Kier molecular flexibility index (Phi) is 6.13. The Bertz CT molecular complexity index is 1430. The van der Waals surface area contributed by atoms with Crippen LogP contribution in [0.1, 0.15) is 31.3 Å². The molecule has 36 heavy (non-hydrogen) atoms. The van der Waals surface area contributed by atoms with Crippen LogP contribution >= 0.6 is 0 Å². The Morgan fingerprint density at radius 2 is 1.69 bits per heavy atom. The zero-order chi connectivity index (χ0) is 25.2. The fraction of sp³-hybridized carbons (Fsp3) is 0.200. The van der Waals surface area contributed by atoms with Crippen molar-refractivity contribution in [3.63, 3.8) is 0 Å². The maximum Gasteiger partial charge on any atom is 0.371 e. The number of carbonyl (C=O) groups is 3. The summed E-state index contributed by atoms with van der Waals surface area (Å²) in [5.74, 6) is -2.36. The number of aromatic nitrogens is 2. The molecule has 0 saturated carbocycles. The number of amides is 2. The predicted octanol–water partition coefficient (Wildman–Crippen LogP) is 3.11. The van der Waals surface area contributed by atoms with Crippen LogP contribution in [0.2, 0.25) is 0 Å². The van der Waals surface area contributed by atoms with Crippen LogP contribution in [0.25, 0.3) is 11.1 Å². The van der Waals surface area contributed by atoms with Crippen molar-refractivity contribution in [1.82, 2.24) is 15.1 Å². The van der Waals surface area contributed by atoms with Gasteiger partial charge in [0, 0.05) is 43.5 Å². The molecule has 0 bridgehead atoms. The van der Waals surface area contributed by atoms with Gasteiger partial charge in [0.15, 0.2) is 11.4 Å². The molecule has 2 amide bonds. The molecule has 1 saturated heterocycles. The van der Waals surface area contributed by atoms with Gasteiger partial charge in [-0.15, -0.1) is 0 Å². The number of anilines is 3. The third kappa shape index (κ3) is 4.64. The second-order valence-electron chi connectivity index (χ2n) is 8.52. The third-order valence-corrected chi connectivity index (χ3v) is 6.10. The molecule has 4 N–H and O–H groups in total. The van der Waals surface area contributed by atoms with E-state index in [2.05, 4.69) is 37.7 Å². The molecule has 4 aromatic rings. The number of aromatic amines is 1. The SMILES string of the molecule is CN1CCN(c2ccc(C(=O)Nc3ccccc3C(=O)Nc3n[nH]c4cc(C(=O)O)oc34)cc2)CC1. The van der Waals surface area contributed by atoms with Gasteiger partial charge >= 0.3 is 5.97 Å². The average molecular weight is 489 g/mol. The number of fused-ring (bicyclic) bond motifs is 1. The van der Waals surface area contributed by atoms with E-state index in [1.807, 2.05) is 12.1 Å². The van der Waals surface area contributed by atoms with E-state index in [-0.39, 0.29) is 28.6 Å². The molecule has 0 aliphatic carbocycles. The summed E-state index contributed by atoms with van der Waals surface area (Å²) in [5, 5.41) is 21.1. The summed E-state index contributed by atoms with van der Waals surface area (Å²) >= 11 is 0. The maximum absolute atomic E-state index is 13.0. The van der Waals surface area contributed by atoms with Crippen molar-refractivity contribution in [3.05, 3.63) is 71.5 Å². The van der Waals surface area contributed by atoms with Gasteiger partial charge in [-0.3, -0.25) is 14.7 Å². The number of H-pyrrole nitrogens is 1. The van der Waals surface area contributed by atoms with Gasteiger partial charge in [0.1, 0.15) is 5.52 Å². The van der Waals surface area contributed by atoms with Crippen LogP contribution in [0, 0.1) is 0 Å². The molecule has 3 heterocycles. The number of likely N-dealkylation sites (N-methyl/N-ethyl adjacent to an activating group) is 1. The van der Waals surface area contributed by atoms with Crippen LogP contribution in [0.4, 0.5) is 17.2 Å². The summed E-state index contributed by atoms with van der Waals surface area (Å²) in [6.07, 6.45) is 0. The van der Waals surface area contributed by atoms with Gasteiger partial charge in [-0.05, 0) is 43.4 Å². The maximum atomic E-state index is 13.0. The topological polar surface area (TPSA) is 144 Å². The number of furan rings is 1. The Morgan fingerprint density at radius 3 is 2.42 bits per heavy atom. The highest BCUT2D eigenvalue weighted by molar-refractivity contribution is 6.13. The fourth-order valence-electron chi connectivity index (χ4n) is 4.05. The smallest absolute Gasteiger partial charge is 0.371 e. The Morgan fingerprint density at radius 1 is 0.972 bits per heavy atom. The molecule has 0 radical (unpaired) electrons. The number of benzene rings is 2. The number of carbonyl (C=O) groups excluding carboxylic acids is 2. The highest BCUT2D eigenvalue weighted by Gasteiger charge is 2.20. The zero-order valence-corrected chi connectivity index (χ0v) is 19.4. The summed E-state index contributed by atoms with van der Waals surface area (Å²) in [5.41, 5.74) is 2.51. The molecule has 11 nitrogen and oxygen atoms in total. The van der Waals surface area contributed by atoms with Crippen molar-refractivity contribution in [2.45, 2.75) is 0 Å².